The minimum atomic E-state index is -0.665. The van der Waals surface area contributed by atoms with Gasteiger partial charge in [0, 0.05) is 0 Å². The van der Waals surface area contributed by atoms with Crippen LogP contribution in [0.1, 0.15) is 5.69 Å². The molecule has 0 saturated carbocycles. The standard InChI is InChI=1S/C5H5N5.C4H2N4O2/c6-5-4-3(1-9-10-4)7-2-8-5;5-1-3-4(8(9)10)2-6-7-3/h1-2H,(H,9,10)(H2,6,7,8);2H,(H,6,7). The molecule has 11 heteroatoms. The third-order valence-electron chi connectivity index (χ3n) is 2.20. The summed E-state index contributed by atoms with van der Waals surface area (Å²) >= 11 is 0. The lowest BCUT2D eigenvalue weighted by Crippen LogP contribution is -1.91. The Labute approximate surface area is 110 Å². The van der Waals surface area contributed by atoms with E-state index in [1.165, 1.54) is 6.33 Å². The minimum absolute atomic E-state index is 0.120. The fourth-order valence-electron chi connectivity index (χ4n) is 1.28. The van der Waals surface area contributed by atoms with Crippen LogP contribution in [0.15, 0.2) is 18.7 Å². The number of nitrogens with zero attached hydrogens (tertiary/aromatic N) is 6. The number of rotatable bonds is 1. The molecule has 4 N–H and O–H groups in total. The van der Waals surface area contributed by atoms with Crippen LogP contribution in [0.3, 0.4) is 0 Å². The number of fused-ring (bicyclic) bond motifs is 1. The van der Waals surface area contributed by atoms with Crippen LogP contribution in [0.4, 0.5) is 11.5 Å². The molecule has 11 nitrogen and oxygen atoms in total. The maximum atomic E-state index is 10.0. The zero-order valence-electron chi connectivity index (χ0n) is 9.81. The molecule has 3 heterocycles. The number of aromatic nitrogens is 6. The number of aromatic amines is 2. The molecule has 3 aromatic rings. The number of nitriles is 1. The van der Waals surface area contributed by atoms with Crippen LogP contribution in [0.5, 0.6) is 0 Å². The molecule has 0 atom stereocenters. The van der Waals surface area contributed by atoms with E-state index in [1.807, 2.05) is 0 Å². The van der Waals surface area contributed by atoms with Crippen LogP contribution < -0.4 is 5.73 Å². The highest BCUT2D eigenvalue weighted by atomic mass is 16.6. The zero-order chi connectivity index (χ0) is 14.5. The number of nitrogens with two attached hydrogens (primary N) is 1. The third kappa shape index (κ3) is 2.48. The van der Waals surface area contributed by atoms with Crippen molar-refractivity contribution in [2.24, 2.45) is 0 Å². The number of hydrogen-bond donors (Lipinski definition) is 3. The molecular weight excluding hydrogens is 266 g/mol. The van der Waals surface area contributed by atoms with Gasteiger partial charge in [-0.3, -0.25) is 20.3 Å². The van der Waals surface area contributed by atoms with Crippen molar-refractivity contribution in [2.75, 3.05) is 5.73 Å². The molecule has 0 aliphatic heterocycles. The summed E-state index contributed by atoms with van der Waals surface area (Å²) < 4.78 is 0. The summed E-state index contributed by atoms with van der Waals surface area (Å²) in [4.78, 5) is 17.1. The Kier molecular flexibility index (Phi) is 3.48. The van der Waals surface area contributed by atoms with Gasteiger partial charge in [-0.05, 0) is 0 Å². The molecule has 0 aliphatic rings. The van der Waals surface area contributed by atoms with E-state index in [2.05, 4.69) is 30.4 Å². The van der Waals surface area contributed by atoms with Crippen LogP contribution in [-0.4, -0.2) is 35.3 Å². The minimum Gasteiger partial charge on any atom is -0.382 e. The monoisotopic (exact) mass is 273 g/mol. The summed E-state index contributed by atoms with van der Waals surface area (Å²) in [6, 6.07) is 1.60. The van der Waals surface area contributed by atoms with E-state index < -0.39 is 4.92 Å². The first-order chi connectivity index (χ1) is 9.63. The Bertz CT molecular complexity index is 784. The van der Waals surface area contributed by atoms with E-state index in [1.54, 1.807) is 12.3 Å². The van der Waals surface area contributed by atoms with Crippen molar-refractivity contribution in [3.05, 3.63) is 34.5 Å². The fraction of sp³-hybridized carbons (Fsp3) is 0. The number of nitrogen functional groups attached to an aromatic ring is 1. The zero-order valence-corrected chi connectivity index (χ0v) is 9.81. The molecule has 0 bridgehead atoms. The van der Waals surface area contributed by atoms with Gasteiger partial charge in [-0.25, -0.2) is 9.97 Å². The van der Waals surface area contributed by atoms with Gasteiger partial charge in [-0.15, -0.1) is 0 Å². The lowest BCUT2D eigenvalue weighted by atomic mass is 10.4. The molecule has 0 fully saturated rings. The molecule has 0 radical (unpaired) electrons. The molecule has 0 amide bonds. The molecule has 0 saturated heterocycles. The maximum Gasteiger partial charge on any atom is 0.324 e. The Hall–Kier alpha value is -3.55. The quantitative estimate of drug-likeness (QED) is 0.413. The highest BCUT2D eigenvalue weighted by Gasteiger charge is 2.14. The van der Waals surface area contributed by atoms with E-state index in [-0.39, 0.29) is 11.4 Å². The van der Waals surface area contributed by atoms with Gasteiger partial charge in [0.25, 0.3) is 0 Å². The van der Waals surface area contributed by atoms with E-state index in [9.17, 15) is 10.1 Å². The lowest BCUT2D eigenvalue weighted by Gasteiger charge is -1.89. The average Bonchev–Trinajstić information content (AvgIpc) is 3.08. The summed E-state index contributed by atoms with van der Waals surface area (Å²) in [6.07, 6.45) is 4.01. The summed E-state index contributed by atoms with van der Waals surface area (Å²) in [6.45, 7) is 0. The van der Waals surface area contributed by atoms with Gasteiger partial charge in [-0.1, -0.05) is 0 Å². The number of nitrogens with one attached hydrogen (secondary N) is 2. The van der Waals surface area contributed by atoms with E-state index >= 15 is 0 Å². The average molecular weight is 273 g/mol. The third-order valence-corrected chi connectivity index (χ3v) is 2.20. The van der Waals surface area contributed by atoms with Gasteiger partial charge < -0.3 is 5.73 Å². The smallest absolute Gasteiger partial charge is 0.324 e. The number of anilines is 1. The second-order valence-electron chi connectivity index (χ2n) is 3.39. The number of hydrogen-bond acceptors (Lipinski definition) is 8. The molecule has 3 aromatic heterocycles. The summed E-state index contributed by atoms with van der Waals surface area (Å²) in [5.74, 6) is 0.433. The highest BCUT2D eigenvalue weighted by Crippen LogP contribution is 2.12. The van der Waals surface area contributed by atoms with E-state index in [4.69, 9.17) is 11.0 Å². The van der Waals surface area contributed by atoms with Crippen molar-refractivity contribution in [2.45, 2.75) is 0 Å². The van der Waals surface area contributed by atoms with Gasteiger partial charge >= 0.3 is 5.69 Å². The summed E-state index contributed by atoms with van der Waals surface area (Å²) in [7, 11) is 0. The Morgan fingerprint density at radius 1 is 1.30 bits per heavy atom. The molecule has 0 spiro atoms. The molecule has 0 unspecified atom stereocenters. The van der Waals surface area contributed by atoms with Crippen LogP contribution in [0, 0.1) is 21.4 Å². The predicted molar refractivity (Wildman–Crippen MR) is 66.1 cm³/mol. The van der Waals surface area contributed by atoms with Crippen molar-refractivity contribution in [3.63, 3.8) is 0 Å². The van der Waals surface area contributed by atoms with Gasteiger partial charge in [0.05, 0.1) is 11.1 Å². The first-order valence-electron chi connectivity index (χ1n) is 5.11. The SMILES string of the molecule is N#Cc1[nH]ncc1[N+](=O)[O-].Nc1ncnc2cn[nH]c12. The van der Waals surface area contributed by atoms with Crippen molar-refractivity contribution >= 4 is 22.5 Å². The largest absolute Gasteiger partial charge is 0.382 e. The maximum absolute atomic E-state index is 10.0. The van der Waals surface area contributed by atoms with Crippen molar-refractivity contribution in [3.8, 4) is 6.07 Å². The summed E-state index contributed by atoms with van der Waals surface area (Å²) in [5, 5.41) is 30.2. The topological polar surface area (TPSA) is 176 Å². The van der Waals surface area contributed by atoms with Gasteiger partial charge in [0.2, 0.25) is 5.69 Å². The Balaban J connectivity index is 0.000000147. The molecule has 0 aromatic carbocycles. The van der Waals surface area contributed by atoms with Crippen LogP contribution in [-0.2, 0) is 0 Å². The molecular formula is C9H7N9O2. The fourth-order valence-corrected chi connectivity index (χ4v) is 1.28. The van der Waals surface area contributed by atoms with Crippen LogP contribution in [0.2, 0.25) is 0 Å². The van der Waals surface area contributed by atoms with Crippen molar-refractivity contribution in [1.29, 1.82) is 5.26 Å². The Morgan fingerprint density at radius 2 is 2.05 bits per heavy atom. The summed E-state index contributed by atoms with van der Waals surface area (Å²) in [5.41, 5.74) is 6.51. The van der Waals surface area contributed by atoms with Crippen LogP contribution in [0.25, 0.3) is 11.0 Å². The number of H-pyrrole nitrogens is 2. The highest BCUT2D eigenvalue weighted by molar-refractivity contribution is 5.82. The molecule has 20 heavy (non-hydrogen) atoms. The number of nitro groups is 1. The van der Waals surface area contributed by atoms with Crippen molar-refractivity contribution in [1.82, 2.24) is 30.4 Å². The van der Waals surface area contributed by atoms with Gasteiger partial charge in [-0.2, -0.15) is 15.5 Å². The molecule has 3 rings (SSSR count). The first kappa shape index (κ1) is 12.9. The predicted octanol–water partition coefficient (Wildman–Crippen LogP) is 0.125. The second kappa shape index (κ2) is 5.40. The molecule has 100 valence electrons. The normalized spacial score (nSPS) is 9.55. The van der Waals surface area contributed by atoms with Crippen LogP contribution >= 0.6 is 0 Å². The Morgan fingerprint density at radius 3 is 2.65 bits per heavy atom. The van der Waals surface area contributed by atoms with Gasteiger partial charge in [0.15, 0.2) is 5.82 Å². The van der Waals surface area contributed by atoms with Gasteiger partial charge in [0.1, 0.15) is 29.6 Å². The second-order valence-corrected chi connectivity index (χ2v) is 3.39. The van der Waals surface area contributed by atoms with E-state index in [0.717, 1.165) is 11.7 Å². The first-order valence-corrected chi connectivity index (χ1v) is 5.11. The molecule has 0 aliphatic carbocycles. The van der Waals surface area contributed by atoms with Crippen molar-refractivity contribution < 1.29 is 4.92 Å². The lowest BCUT2D eigenvalue weighted by molar-refractivity contribution is -0.385. The van der Waals surface area contributed by atoms with E-state index in [0.29, 0.717) is 11.3 Å².